The molecule has 1 aromatic rings. The van der Waals surface area contributed by atoms with Crippen LogP contribution < -0.4 is 10.9 Å². The van der Waals surface area contributed by atoms with Gasteiger partial charge in [0.15, 0.2) is 0 Å². The first kappa shape index (κ1) is 14.2. The molecule has 1 rings (SSSR count). The van der Waals surface area contributed by atoms with Crippen LogP contribution in [0.15, 0.2) is 12.1 Å². The highest BCUT2D eigenvalue weighted by Crippen LogP contribution is 2.06. The molecule has 0 unspecified atom stereocenters. The van der Waals surface area contributed by atoms with Gasteiger partial charge in [-0.25, -0.2) is 0 Å². The molecule has 0 fully saturated rings. The van der Waals surface area contributed by atoms with Crippen molar-refractivity contribution in [2.24, 2.45) is 0 Å². The molecule has 1 aromatic carbocycles. The van der Waals surface area contributed by atoms with E-state index in [-0.39, 0.29) is 10.9 Å². The van der Waals surface area contributed by atoms with Crippen molar-refractivity contribution in [2.75, 3.05) is 13.7 Å². The number of aryl methyl sites for hydroxylation is 1. The minimum atomic E-state index is -1.64. The highest BCUT2D eigenvalue weighted by Gasteiger charge is 2.21. The Kier molecular flexibility index (Phi) is 5.17. The van der Waals surface area contributed by atoms with Crippen molar-refractivity contribution in [1.82, 2.24) is 0 Å². The maximum atomic E-state index is 9.29. The molecule has 0 heterocycles. The first-order valence-electron chi connectivity index (χ1n) is 5.32. The van der Waals surface area contributed by atoms with Crippen molar-refractivity contribution in [2.45, 2.75) is 13.3 Å². The van der Waals surface area contributed by atoms with Crippen LogP contribution in [0.25, 0.3) is 0 Å². The molecule has 5 nitrogen and oxygen atoms in total. The molecular formula is C10H16B2O5. The average molecular weight is 238 g/mol. The van der Waals surface area contributed by atoms with Crippen molar-refractivity contribution < 1.29 is 24.8 Å². The number of hydrogen-bond donors (Lipinski definition) is 4. The molecule has 0 saturated heterocycles. The Morgan fingerprint density at radius 2 is 1.76 bits per heavy atom. The van der Waals surface area contributed by atoms with Crippen molar-refractivity contribution in [3.63, 3.8) is 0 Å². The van der Waals surface area contributed by atoms with Crippen molar-refractivity contribution in [3.05, 3.63) is 23.3 Å². The summed E-state index contributed by atoms with van der Waals surface area (Å²) in [4.78, 5) is 0. The van der Waals surface area contributed by atoms with E-state index >= 15 is 0 Å². The molecule has 0 amide bonds. The molecule has 0 aliphatic rings. The molecule has 0 aliphatic carbocycles. The van der Waals surface area contributed by atoms with Crippen LogP contribution in [0, 0.1) is 6.92 Å². The fourth-order valence-corrected chi connectivity index (χ4v) is 1.80. The predicted molar refractivity (Wildman–Crippen MR) is 66.4 cm³/mol. The second-order valence-electron chi connectivity index (χ2n) is 3.90. The molecule has 17 heavy (non-hydrogen) atoms. The van der Waals surface area contributed by atoms with Crippen molar-refractivity contribution >= 4 is 25.2 Å². The zero-order chi connectivity index (χ0) is 13.0. The first-order chi connectivity index (χ1) is 7.97. The zero-order valence-electron chi connectivity index (χ0n) is 9.92. The van der Waals surface area contributed by atoms with Crippen LogP contribution in [0.4, 0.5) is 0 Å². The van der Waals surface area contributed by atoms with Crippen LogP contribution in [-0.2, 0) is 11.2 Å². The largest absolute Gasteiger partial charge is 0.488 e. The fourth-order valence-electron chi connectivity index (χ4n) is 1.80. The van der Waals surface area contributed by atoms with Gasteiger partial charge in [0.2, 0.25) is 0 Å². The topological polar surface area (TPSA) is 90.2 Å². The van der Waals surface area contributed by atoms with Crippen molar-refractivity contribution in [1.29, 1.82) is 0 Å². The van der Waals surface area contributed by atoms with Gasteiger partial charge in [-0.3, -0.25) is 0 Å². The second-order valence-corrected chi connectivity index (χ2v) is 3.90. The van der Waals surface area contributed by atoms with Crippen LogP contribution in [-0.4, -0.2) is 48.0 Å². The Hall–Kier alpha value is -0.850. The van der Waals surface area contributed by atoms with Gasteiger partial charge in [0.05, 0.1) is 6.61 Å². The summed E-state index contributed by atoms with van der Waals surface area (Å²) in [5.74, 6) is 0. The van der Waals surface area contributed by atoms with E-state index < -0.39 is 14.2 Å². The van der Waals surface area contributed by atoms with E-state index in [9.17, 15) is 10.0 Å². The maximum absolute atomic E-state index is 9.29. The second kappa shape index (κ2) is 6.18. The molecule has 4 N–H and O–H groups in total. The Bertz CT molecular complexity index is 381. The lowest BCUT2D eigenvalue weighted by molar-refractivity contribution is 0.202. The van der Waals surface area contributed by atoms with E-state index in [1.54, 1.807) is 20.1 Å². The molecule has 92 valence electrons. The molecule has 0 spiro atoms. The Morgan fingerprint density at radius 3 is 2.24 bits per heavy atom. The predicted octanol–water partition coefficient (Wildman–Crippen LogP) is -2.46. The van der Waals surface area contributed by atoms with Gasteiger partial charge in [0.25, 0.3) is 0 Å². The SMILES string of the molecule is COCCc1c(C)cc(B(O)O)cc1B(O)O. The fraction of sp³-hybridized carbons (Fsp3) is 0.400. The lowest BCUT2D eigenvalue weighted by atomic mass is 9.69. The summed E-state index contributed by atoms with van der Waals surface area (Å²) in [5.41, 5.74) is 2.05. The van der Waals surface area contributed by atoms with Gasteiger partial charge in [-0.1, -0.05) is 12.1 Å². The van der Waals surface area contributed by atoms with Gasteiger partial charge in [-0.2, -0.15) is 0 Å². The minimum Gasteiger partial charge on any atom is -0.423 e. The third-order valence-corrected chi connectivity index (χ3v) is 2.66. The van der Waals surface area contributed by atoms with Crippen LogP contribution in [0.2, 0.25) is 0 Å². The Labute approximate surface area is 101 Å². The van der Waals surface area contributed by atoms with E-state index in [4.69, 9.17) is 14.8 Å². The van der Waals surface area contributed by atoms with E-state index in [0.29, 0.717) is 13.0 Å². The Morgan fingerprint density at radius 1 is 1.12 bits per heavy atom. The summed E-state index contributed by atoms with van der Waals surface area (Å²) in [6.07, 6.45) is 0.539. The van der Waals surface area contributed by atoms with Gasteiger partial charge >= 0.3 is 14.2 Å². The van der Waals surface area contributed by atoms with Crippen LogP contribution in [0.5, 0.6) is 0 Å². The highest BCUT2D eigenvalue weighted by molar-refractivity contribution is 6.63. The number of hydrogen-bond acceptors (Lipinski definition) is 5. The molecular weight excluding hydrogens is 222 g/mol. The molecule has 0 bridgehead atoms. The van der Waals surface area contributed by atoms with Crippen LogP contribution in [0.1, 0.15) is 11.1 Å². The van der Waals surface area contributed by atoms with E-state index in [2.05, 4.69) is 0 Å². The lowest BCUT2D eigenvalue weighted by Gasteiger charge is -2.14. The first-order valence-corrected chi connectivity index (χ1v) is 5.32. The summed E-state index contributed by atoms with van der Waals surface area (Å²) in [6.45, 7) is 2.24. The molecule has 0 aromatic heterocycles. The summed E-state index contributed by atoms with van der Waals surface area (Å²) in [7, 11) is -1.70. The smallest absolute Gasteiger partial charge is 0.423 e. The normalized spacial score (nSPS) is 10.5. The number of rotatable bonds is 5. The van der Waals surface area contributed by atoms with Crippen LogP contribution >= 0.6 is 0 Å². The summed E-state index contributed by atoms with van der Waals surface area (Å²) in [6, 6.07) is 2.99. The lowest BCUT2D eigenvalue weighted by Crippen LogP contribution is -2.41. The van der Waals surface area contributed by atoms with Crippen LogP contribution in [0.3, 0.4) is 0 Å². The molecule has 0 atom stereocenters. The third kappa shape index (κ3) is 3.55. The van der Waals surface area contributed by atoms with Gasteiger partial charge < -0.3 is 24.8 Å². The third-order valence-electron chi connectivity index (χ3n) is 2.66. The summed E-state index contributed by atoms with van der Waals surface area (Å²) < 4.78 is 4.95. The average Bonchev–Trinajstić information content (AvgIpc) is 2.26. The zero-order valence-corrected chi connectivity index (χ0v) is 9.92. The standard InChI is InChI=1S/C10H16B2O5/c1-7-5-8(11(13)14)6-10(12(15)16)9(7)3-4-17-2/h5-6,13-16H,3-4H2,1-2H3. The van der Waals surface area contributed by atoms with E-state index in [1.807, 2.05) is 0 Å². The molecule has 0 aliphatic heterocycles. The summed E-state index contributed by atoms with van der Waals surface area (Å²) in [5, 5.41) is 36.7. The number of ether oxygens (including phenoxy) is 1. The highest BCUT2D eigenvalue weighted by atomic mass is 16.5. The molecule has 7 heteroatoms. The molecule has 0 radical (unpaired) electrons. The minimum absolute atomic E-state index is 0.242. The number of benzene rings is 1. The summed E-state index contributed by atoms with van der Waals surface area (Å²) >= 11 is 0. The van der Waals surface area contributed by atoms with Gasteiger partial charge in [0.1, 0.15) is 0 Å². The van der Waals surface area contributed by atoms with Gasteiger partial charge in [-0.15, -0.1) is 0 Å². The van der Waals surface area contributed by atoms with E-state index in [1.165, 1.54) is 6.07 Å². The Balaban J connectivity index is 3.18. The van der Waals surface area contributed by atoms with Gasteiger partial charge in [-0.05, 0) is 35.4 Å². The quantitative estimate of drug-likeness (QED) is 0.427. The van der Waals surface area contributed by atoms with E-state index in [0.717, 1.165) is 11.1 Å². The maximum Gasteiger partial charge on any atom is 0.488 e. The monoisotopic (exact) mass is 238 g/mol. The molecule has 0 saturated carbocycles. The van der Waals surface area contributed by atoms with Crippen molar-refractivity contribution in [3.8, 4) is 0 Å². The number of methoxy groups -OCH3 is 1. The van der Waals surface area contributed by atoms with Gasteiger partial charge in [0, 0.05) is 7.11 Å².